The zero-order chi connectivity index (χ0) is 74.1. The third kappa shape index (κ3) is 10.0. The van der Waals surface area contributed by atoms with E-state index in [1.807, 2.05) is 0 Å². The van der Waals surface area contributed by atoms with Crippen molar-refractivity contribution in [2.45, 2.75) is 52.4 Å². The first kappa shape index (κ1) is 64.6. The first-order valence-corrected chi connectivity index (χ1v) is 38.7. The summed E-state index contributed by atoms with van der Waals surface area (Å²) in [5, 5.41) is 9.13. The van der Waals surface area contributed by atoms with Gasteiger partial charge in [-0.1, -0.05) is 278 Å². The SMILES string of the molecule is CC(C)(C)c1ccc2c(c1)c1cc(C(C)(C)C)ccc1n2-c1cccc(-c2ccc3oc4ccccc4c3c2)c1N1c2ccc(-c3ccccc3)cc2B2c3cc(-c4ccccc4)ccc3N(c3c(-c4ccc5c(c4)oc4ccccc45)cccc3-n3c4ccccc4c4ccccc43)c3cc(-c4ccccc4)cc1c32. The maximum Gasteiger partial charge on any atom is 0.252 e. The molecule has 16 aromatic carbocycles. The monoisotopic (exact) mass is 1420 g/mol. The van der Waals surface area contributed by atoms with Crippen LogP contribution in [0.1, 0.15) is 52.7 Å². The van der Waals surface area contributed by atoms with Crippen molar-refractivity contribution in [3.8, 4) is 67.0 Å². The fraction of sp³-hybridized carbons (Fsp3) is 0.0769. The van der Waals surface area contributed by atoms with Crippen LogP contribution in [0.3, 0.4) is 0 Å². The second-order valence-corrected chi connectivity index (χ2v) is 32.3. The van der Waals surface area contributed by atoms with Crippen molar-refractivity contribution >= 4 is 145 Å². The molecule has 0 bridgehead atoms. The second-order valence-electron chi connectivity index (χ2n) is 32.3. The standard InChI is InChI=1S/C104H75BN4O2/c1-103(2,3)72-48-53-88-81(62-72)82-63-73(104(4,5)6)49-54-89(82)107(88)93-41-24-36-74(69-47-55-98-83(56-69)79-35-19-23-43-97(79)110-98)101(93)108-90-51-45-67(64-26-10-7-11-27-64)57-84(90)105-85-58-68(65-28-12-8-13-29-65)46-52-91(85)109(95-60-71(59-94(108)100(95)105)66-30-14-9-15-31-66)102-75(70-44-50-80-78-34-18-22-42-96(78)111-99(80)61-70)37-25-40-92(102)106-86-38-20-16-32-76(86)77-33-17-21-39-87(77)106/h7-63H,1-6H3. The van der Waals surface area contributed by atoms with Crippen LogP contribution in [0.15, 0.2) is 355 Å². The minimum Gasteiger partial charge on any atom is -0.456 e. The molecule has 0 spiro atoms. The summed E-state index contributed by atoms with van der Waals surface area (Å²) in [4.78, 5) is 5.36. The predicted octanol–water partition coefficient (Wildman–Crippen LogP) is 26.7. The van der Waals surface area contributed by atoms with Crippen LogP contribution in [-0.4, -0.2) is 15.8 Å². The van der Waals surface area contributed by atoms with Gasteiger partial charge in [0.1, 0.15) is 22.3 Å². The summed E-state index contributed by atoms with van der Waals surface area (Å²) in [6.07, 6.45) is 0. The molecule has 0 amide bonds. The Bertz CT molecular complexity index is 7120. The lowest BCUT2D eigenvalue weighted by Crippen LogP contribution is -2.61. The Morgan fingerprint density at radius 1 is 0.234 bits per heavy atom. The lowest BCUT2D eigenvalue weighted by atomic mass is 9.33. The van der Waals surface area contributed by atoms with Gasteiger partial charge in [0.25, 0.3) is 6.71 Å². The second kappa shape index (κ2) is 24.4. The van der Waals surface area contributed by atoms with Crippen molar-refractivity contribution in [3.63, 3.8) is 0 Å². The number of hydrogen-bond donors (Lipinski definition) is 0. The van der Waals surface area contributed by atoms with Crippen LogP contribution in [0.2, 0.25) is 0 Å². The minimum atomic E-state index is -0.315. The van der Waals surface area contributed by atoms with Crippen LogP contribution in [0.5, 0.6) is 0 Å². The van der Waals surface area contributed by atoms with E-state index in [2.05, 4.69) is 406 Å². The van der Waals surface area contributed by atoms with E-state index < -0.39 is 0 Å². The maximum atomic E-state index is 6.90. The zero-order valence-electron chi connectivity index (χ0n) is 62.6. The summed E-state index contributed by atoms with van der Waals surface area (Å²) in [5.41, 5.74) is 33.3. The van der Waals surface area contributed by atoms with Gasteiger partial charge < -0.3 is 27.8 Å². The van der Waals surface area contributed by atoms with Crippen LogP contribution in [-0.2, 0) is 10.8 Å². The fourth-order valence-electron chi connectivity index (χ4n) is 18.4. The van der Waals surface area contributed by atoms with Crippen molar-refractivity contribution in [1.29, 1.82) is 0 Å². The van der Waals surface area contributed by atoms with Crippen LogP contribution < -0.4 is 26.2 Å². The van der Waals surface area contributed by atoms with Crippen LogP contribution in [0.25, 0.3) is 154 Å². The van der Waals surface area contributed by atoms with Crippen molar-refractivity contribution in [3.05, 3.63) is 357 Å². The van der Waals surface area contributed by atoms with Gasteiger partial charge >= 0.3 is 0 Å². The Balaban J connectivity index is 0.920. The third-order valence-corrected chi connectivity index (χ3v) is 23.8. The number of rotatable bonds is 9. The van der Waals surface area contributed by atoms with E-state index >= 15 is 0 Å². The molecule has 0 radical (unpaired) electrons. The van der Waals surface area contributed by atoms with Gasteiger partial charge in [0.15, 0.2) is 0 Å². The predicted molar refractivity (Wildman–Crippen MR) is 468 cm³/mol. The molecule has 0 saturated carbocycles. The number of furan rings is 2. The fourth-order valence-corrected chi connectivity index (χ4v) is 18.4. The average molecular weight is 1420 g/mol. The molecule has 111 heavy (non-hydrogen) atoms. The van der Waals surface area contributed by atoms with Crippen LogP contribution >= 0.6 is 0 Å². The third-order valence-electron chi connectivity index (χ3n) is 23.8. The number of hydrogen-bond acceptors (Lipinski definition) is 4. The van der Waals surface area contributed by atoms with Crippen molar-refractivity contribution < 1.29 is 8.83 Å². The molecule has 7 heteroatoms. The number of benzene rings is 16. The van der Waals surface area contributed by atoms with Gasteiger partial charge in [0, 0.05) is 77.0 Å². The highest BCUT2D eigenvalue weighted by Gasteiger charge is 2.46. The topological polar surface area (TPSA) is 42.6 Å². The highest BCUT2D eigenvalue weighted by Crippen LogP contribution is 2.55. The highest BCUT2D eigenvalue weighted by atomic mass is 16.3. The van der Waals surface area contributed by atoms with Gasteiger partial charge in [0.05, 0.1) is 44.8 Å². The van der Waals surface area contributed by atoms with Gasteiger partial charge in [-0.2, -0.15) is 0 Å². The Hall–Kier alpha value is -13.6. The lowest BCUT2D eigenvalue weighted by Gasteiger charge is -2.46. The smallest absolute Gasteiger partial charge is 0.252 e. The maximum absolute atomic E-state index is 6.90. The van der Waals surface area contributed by atoms with Gasteiger partial charge in [0.2, 0.25) is 0 Å². The molecule has 6 heterocycles. The molecule has 6 nitrogen and oxygen atoms in total. The number of anilines is 6. The highest BCUT2D eigenvalue weighted by molar-refractivity contribution is 7.00. The van der Waals surface area contributed by atoms with Gasteiger partial charge in [-0.3, -0.25) is 0 Å². The number of aromatic nitrogens is 2. The summed E-state index contributed by atoms with van der Waals surface area (Å²) in [5.74, 6) is 0. The molecule has 0 saturated heterocycles. The van der Waals surface area contributed by atoms with E-state index in [0.29, 0.717) is 0 Å². The van der Waals surface area contributed by atoms with E-state index in [1.165, 1.54) is 49.1 Å². The quantitative estimate of drug-likeness (QED) is 0.135. The first-order valence-electron chi connectivity index (χ1n) is 38.7. The Kier molecular flexibility index (Phi) is 14.2. The Morgan fingerprint density at radius 3 is 1.14 bits per heavy atom. The number of para-hydroxylation sites is 6. The molecule has 22 rings (SSSR count). The molecule has 0 aliphatic carbocycles. The Labute approximate surface area is 644 Å². The average Bonchev–Trinajstić information content (AvgIpc) is 1.26. The molecule has 2 aliphatic heterocycles. The van der Waals surface area contributed by atoms with E-state index in [0.717, 1.165) is 167 Å². The summed E-state index contributed by atoms with van der Waals surface area (Å²) < 4.78 is 18.7. The van der Waals surface area contributed by atoms with Gasteiger partial charge in [-0.15, -0.1) is 0 Å². The molecule has 0 fully saturated rings. The number of nitrogens with zero attached hydrogens (tertiary/aromatic N) is 4. The molecule has 0 N–H and O–H groups in total. The lowest BCUT2D eigenvalue weighted by molar-refractivity contribution is 0.590. The van der Waals surface area contributed by atoms with E-state index in [1.54, 1.807) is 0 Å². The molecule has 526 valence electrons. The van der Waals surface area contributed by atoms with Crippen molar-refractivity contribution in [2.24, 2.45) is 0 Å². The summed E-state index contributed by atoms with van der Waals surface area (Å²) >= 11 is 0. The summed E-state index contributed by atoms with van der Waals surface area (Å²) in [6.45, 7) is 13.7. The minimum absolute atomic E-state index is 0.109. The largest absolute Gasteiger partial charge is 0.456 e. The van der Waals surface area contributed by atoms with Crippen molar-refractivity contribution in [1.82, 2.24) is 9.13 Å². The summed E-state index contributed by atoms with van der Waals surface area (Å²) in [6, 6.07) is 130. The molecule has 20 aromatic rings. The zero-order valence-corrected chi connectivity index (χ0v) is 62.6. The molecular formula is C104H75BN4O2. The van der Waals surface area contributed by atoms with Crippen molar-refractivity contribution in [2.75, 3.05) is 9.80 Å². The van der Waals surface area contributed by atoms with E-state index in [4.69, 9.17) is 8.83 Å². The van der Waals surface area contributed by atoms with Gasteiger partial charge in [-0.05, 0) is 192 Å². The summed E-state index contributed by atoms with van der Waals surface area (Å²) in [7, 11) is 0. The first-order chi connectivity index (χ1) is 54.3. The van der Waals surface area contributed by atoms with E-state index in [-0.39, 0.29) is 17.5 Å². The van der Waals surface area contributed by atoms with Crippen LogP contribution in [0.4, 0.5) is 34.1 Å². The molecule has 4 aromatic heterocycles. The molecular weight excluding hydrogens is 1350 g/mol. The molecule has 0 unspecified atom stereocenters. The molecule has 2 aliphatic rings. The van der Waals surface area contributed by atoms with Gasteiger partial charge in [-0.25, -0.2) is 0 Å². The molecule has 0 atom stereocenters. The normalized spacial score (nSPS) is 12.9. The number of fused-ring (bicyclic) bond motifs is 16. The Morgan fingerprint density at radius 2 is 0.631 bits per heavy atom. The van der Waals surface area contributed by atoms with E-state index in [9.17, 15) is 0 Å². The van der Waals surface area contributed by atoms with Crippen LogP contribution in [0, 0.1) is 0 Å².